The molecule has 1 atom stereocenters. The fraction of sp³-hybridized carbons (Fsp3) is 0.250. The molecular formula is C8H8BrClO. The van der Waals surface area contributed by atoms with Gasteiger partial charge in [-0.15, -0.1) is 0 Å². The normalized spacial score (nSPS) is 13.0. The molecule has 0 amide bonds. The first-order valence-electron chi connectivity index (χ1n) is 3.24. The molecule has 60 valence electrons. The van der Waals surface area contributed by atoms with E-state index in [-0.39, 0.29) is 11.4 Å². The SMILES string of the molecule is OCC(Br)c1ccc(Cl)cc1. The van der Waals surface area contributed by atoms with E-state index in [0.717, 1.165) is 5.56 Å². The Morgan fingerprint density at radius 3 is 2.36 bits per heavy atom. The average Bonchev–Trinajstić information content (AvgIpc) is 2.05. The van der Waals surface area contributed by atoms with Gasteiger partial charge in [0.25, 0.3) is 0 Å². The summed E-state index contributed by atoms with van der Waals surface area (Å²) in [6, 6.07) is 7.39. The van der Waals surface area contributed by atoms with Gasteiger partial charge in [-0.05, 0) is 17.7 Å². The van der Waals surface area contributed by atoms with Crippen molar-refractivity contribution in [2.45, 2.75) is 4.83 Å². The van der Waals surface area contributed by atoms with Gasteiger partial charge in [-0.25, -0.2) is 0 Å². The van der Waals surface area contributed by atoms with Crippen LogP contribution in [0.2, 0.25) is 5.02 Å². The molecule has 0 aliphatic heterocycles. The van der Waals surface area contributed by atoms with E-state index in [4.69, 9.17) is 16.7 Å². The lowest BCUT2D eigenvalue weighted by molar-refractivity contribution is 0.298. The van der Waals surface area contributed by atoms with E-state index in [1.54, 1.807) is 12.1 Å². The monoisotopic (exact) mass is 234 g/mol. The van der Waals surface area contributed by atoms with E-state index in [0.29, 0.717) is 5.02 Å². The van der Waals surface area contributed by atoms with Gasteiger partial charge in [0.05, 0.1) is 11.4 Å². The highest BCUT2D eigenvalue weighted by atomic mass is 79.9. The molecule has 1 nitrogen and oxygen atoms in total. The van der Waals surface area contributed by atoms with Crippen molar-refractivity contribution >= 4 is 27.5 Å². The second kappa shape index (κ2) is 4.10. The second-order valence-electron chi connectivity index (χ2n) is 2.20. The Hall–Kier alpha value is -0.0500. The zero-order chi connectivity index (χ0) is 8.27. The van der Waals surface area contributed by atoms with E-state index in [2.05, 4.69) is 15.9 Å². The molecular weight excluding hydrogens is 227 g/mol. The predicted molar refractivity (Wildman–Crippen MR) is 50.2 cm³/mol. The van der Waals surface area contributed by atoms with Gasteiger partial charge in [-0.2, -0.15) is 0 Å². The molecule has 11 heavy (non-hydrogen) atoms. The molecule has 0 aliphatic rings. The highest BCUT2D eigenvalue weighted by Gasteiger charge is 2.03. The fourth-order valence-corrected chi connectivity index (χ4v) is 1.21. The quantitative estimate of drug-likeness (QED) is 0.782. The van der Waals surface area contributed by atoms with Crippen LogP contribution in [0.5, 0.6) is 0 Å². The highest BCUT2D eigenvalue weighted by molar-refractivity contribution is 9.09. The molecule has 0 saturated carbocycles. The molecule has 1 aromatic carbocycles. The van der Waals surface area contributed by atoms with Crippen molar-refractivity contribution in [3.05, 3.63) is 34.9 Å². The van der Waals surface area contributed by atoms with Crippen LogP contribution >= 0.6 is 27.5 Å². The molecule has 0 aromatic heterocycles. The number of benzene rings is 1. The number of hydrogen-bond acceptors (Lipinski definition) is 1. The van der Waals surface area contributed by atoms with Crippen LogP contribution in [0.15, 0.2) is 24.3 Å². The summed E-state index contributed by atoms with van der Waals surface area (Å²) >= 11 is 9.00. The zero-order valence-corrected chi connectivity index (χ0v) is 8.14. The minimum Gasteiger partial charge on any atom is -0.395 e. The van der Waals surface area contributed by atoms with Crippen molar-refractivity contribution in [3.63, 3.8) is 0 Å². The second-order valence-corrected chi connectivity index (χ2v) is 3.74. The van der Waals surface area contributed by atoms with Crippen LogP contribution in [-0.2, 0) is 0 Å². The van der Waals surface area contributed by atoms with Gasteiger partial charge in [0.2, 0.25) is 0 Å². The highest BCUT2D eigenvalue weighted by Crippen LogP contribution is 2.22. The summed E-state index contributed by atoms with van der Waals surface area (Å²) in [5.41, 5.74) is 1.04. The third kappa shape index (κ3) is 2.47. The Morgan fingerprint density at radius 1 is 1.36 bits per heavy atom. The number of halogens is 2. The summed E-state index contributed by atoms with van der Waals surface area (Å²) in [4.78, 5) is 0.0137. The van der Waals surface area contributed by atoms with Crippen LogP contribution in [-0.4, -0.2) is 11.7 Å². The first-order valence-corrected chi connectivity index (χ1v) is 4.54. The van der Waals surface area contributed by atoms with Gasteiger partial charge in [-0.3, -0.25) is 0 Å². The largest absolute Gasteiger partial charge is 0.395 e. The summed E-state index contributed by atoms with van der Waals surface area (Å²) in [6.07, 6.45) is 0. The van der Waals surface area contributed by atoms with Crippen molar-refractivity contribution in [2.75, 3.05) is 6.61 Å². The van der Waals surface area contributed by atoms with Gasteiger partial charge >= 0.3 is 0 Å². The maximum atomic E-state index is 8.78. The number of alkyl halides is 1. The van der Waals surface area contributed by atoms with E-state index < -0.39 is 0 Å². The molecule has 0 aliphatic carbocycles. The van der Waals surface area contributed by atoms with E-state index >= 15 is 0 Å². The van der Waals surface area contributed by atoms with Gasteiger partial charge in [0.15, 0.2) is 0 Å². The average molecular weight is 236 g/mol. The molecule has 3 heteroatoms. The first kappa shape index (κ1) is 9.04. The van der Waals surface area contributed by atoms with Crippen LogP contribution in [0.3, 0.4) is 0 Å². The van der Waals surface area contributed by atoms with Gasteiger partial charge < -0.3 is 5.11 Å². The topological polar surface area (TPSA) is 20.2 Å². The van der Waals surface area contributed by atoms with Crippen LogP contribution in [0, 0.1) is 0 Å². The molecule has 0 spiro atoms. The van der Waals surface area contributed by atoms with Gasteiger partial charge in [0, 0.05) is 5.02 Å². The number of aliphatic hydroxyl groups is 1. The van der Waals surface area contributed by atoms with Gasteiger partial charge in [-0.1, -0.05) is 39.7 Å². The minimum absolute atomic E-state index is 0.0137. The summed E-state index contributed by atoms with van der Waals surface area (Å²) in [5.74, 6) is 0. The Bertz CT molecular complexity index is 222. The lowest BCUT2D eigenvalue weighted by Crippen LogP contribution is -1.93. The van der Waals surface area contributed by atoms with E-state index in [9.17, 15) is 0 Å². The first-order chi connectivity index (χ1) is 5.24. The number of aliphatic hydroxyl groups excluding tert-OH is 1. The minimum atomic E-state index is 0.0137. The summed E-state index contributed by atoms with van der Waals surface area (Å²) in [6.45, 7) is 0.0988. The molecule has 0 saturated heterocycles. The molecule has 0 fully saturated rings. The number of hydrogen-bond donors (Lipinski definition) is 1. The number of rotatable bonds is 2. The molecule has 1 aromatic rings. The predicted octanol–water partition coefficient (Wildman–Crippen LogP) is 2.77. The molecule has 0 radical (unpaired) electrons. The molecule has 1 rings (SSSR count). The Morgan fingerprint density at radius 2 is 1.91 bits per heavy atom. The molecule has 1 unspecified atom stereocenters. The van der Waals surface area contributed by atoms with Gasteiger partial charge in [0.1, 0.15) is 0 Å². The fourth-order valence-electron chi connectivity index (χ4n) is 0.777. The third-order valence-electron chi connectivity index (χ3n) is 1.39. The van der Waals surface area contributed by atoms with Crippen LogP contribution in [0.25, 0.3) is 0 Å². The maximum Gasteiger partial charge on any atom is 0.0626 e. The maximum absolute atomic E-state index is 8.78. The van der Waals surface area contributed by atoms with Crippen molar-refractivity contribution in [3.8, 4) is 0 Å². The molecule has 1 N–H and O–H groups in total. The van der Waals surface area contributed by atoms with Crippen molar-refractivity contribution in [2.24, 2.45) is 0 Å². The van der Waals surface area contributed by atoms with Crippen LogP contribution in [0.4, 0.5) is 0 Å². The lowest BCUT2D eigenvalue weighted by Gasteiger charge is -2.05. The van der Waals surface area contributed by atoms with Crippen molar-refractivity contribution in [1.29, 1.82) is 0 Å². The zero-order valence-electron chi connectivity index (χ0n) is 5.80. The van der Waals surface area contributed by atoms with Crippen molar-refractivity contribution < 1.29 is 5.11 Å². The summed E-state index contributed by atoms with van der Waals surface area (Å²) < 4.78 is 0. The lowest BCUT2D eigenvalue weighted by atomic mass is 10.2. The Balaban J connectivity index is 2.81. The summed E-state index contributed by atoms with van der Waals surface area (Å²) in [7, 11) is 0. The Labute approximate surface area is 79.1 Å². The van der Waals surface area contributed by atoms with Crippen LogP contribution < -0.4 is 0 Å². The third-order valence-corrected chi connectivity index (χ3v) is 2.46. The summed E-state index contributed by atoms with van der Waals surface area (Å²) in [5, 5.41) is 9.49. The van der Waals surface area contributed by atoms with E-state index in [1.807, 2.05) is 12.1 Å². The standard InChI is InChI=1S/C8H8BrClO/c9-8(5-11)6-1-3-7(10)4-2-6/h1-4,8,11H,5H2. The van der Waals surface area contributed by atoms with Crippen LogP contribution in [0.1, 0.15) is 10.4 Å². The molecule has 0 heterocycles. The smallest absolute Gasteiger partial charge is 0.0626 e. The molecule has 0 bridgehead atoms. The Kier molecular flexibility index (Phi) is 3.37. The van der Waals surface area contributed by atoms with Crippen molar-refractivity contribution in [1.82, 2.24) is 0 Å². The van der Waals surface area contributed by atoms with E-state index in [1.165, 1.54) is 0 Å².